The predicted octanol–water partition coefficient (Wildman–Crippen LogP) is 2.21. The predicted molar refractivity (Wildman–Crippen MR) is 92.9 cm³/mol. The van der Waals surface area contributed by atoms with Crippen molar-refractivity contribution in [3.8, 4) is 0 Å². The Kier molecular flexibility index (Phi) is 5.48. The van der Waals surface area contributed by atoms with Gasteiger partial charge in [0.05, 0.1) is 11.6 Å². The van der Waals surface area contributed by atoms with Gasteiger partial charge in [0.15, 0.2) is 0 Å². The Morgan fingerprint density at radius 2 is 2.12 bits per heavy atom. The molecule has 2 aromatic heterocycles. The van der Waals surface area contributed by atoms with E-state index in [1.165, 1.54) is 12.8 Å². The Morgan fingerprint density at radius 3 is 2.75 bits per heavy atom. The summed E-state index contributed by atoms with van der Waals surface area (Å²) in [6.45, 7) is 4.11. The number of likely N-dealkylation sites (tertiary alicyclic amines) is 1. The summed E-state index contributed by atoms with van der Waals surface area (Å²) in [6, 6.07) is 5.37. The average Bonchev–Trinajstić information content (AvgIpc) is 3.21. The number of halogens is 1. The van der Waals surface area contributed by atoms with Gasteiger partial charge in [0, 0.05) is 32.5 Å². The van der Waals surface area contributed by atoms with Crippen molar-refractivity contribution in [3.63, 3.8) is 0 Å². The standard InChI is InChI=1S/C17H22ClN5O/c1-21-12-14(18)16(20-21)13-23(11-10-22-8-4-5-9-22)17(24)15-6-2-3-7-19-15/h2-3,6-7,12H,4-5,8-11,13H2,1H3. The van der Waals surface area contributed by atoms with Crippen LogP contribution in [0, 0.1) is 0 Å². The van der Waals surface area contributed by atoms with Crippen LogP contribution in [0.5, 0.6) is 0 Å². The highest BCUT2D eigenvalue weighted by Crippen LogP contribution is 2.17. The van der Waals surface area contributed by atoms with E-state index >= 15 is 0 Å². The van der Waals surface area contributed by atoms with Crippen LogP contribution in [0.25, 0.3) is 0 Å². The summed E-state index contributed by atoms with van der Waals surface area (Å²) in [5, 5.41) is 4.94. The summed E-state index contributed by atoms with van der Waals surface area (Å²) in [6.07, 6.45) is 5.86. The second-order valence-corrected chi connectivity index (χ2v) is 6.50. The number of nitrogens with zero attached hydrogens (tertiary/aromatic N) is 5. The molecule has 7 heteroatoms. The van der Waals surface area contributed by atoms with Gasteiger partial charge in [0.25, 0.3) is 5.91 Å². The number of hydrogen-bond acceptors (Lipinski definition) is 4. The second-order valence-electron chi connectivity index (χ2n) is 6.09. The number of aryl methyl sites for hydroxylation is 1. The van der Waals surface area contributed by atoms with Gasteiger partial charge in [-0.25, -0.2) is 0 Å². The summed E-state index contributed by atoms with van der Waals surface area (Å²) in [4.78, 5) is 21.2. The molecule has 1 fully saturated rings. The third-order valence-electron chi connectivity index (χ3n) is 4.25. The molecule has 0 bridgehead atoms. The number of amides is 1. The minimum Gasteiger partial charge on any atom is -0.330 e. The van der Waals surface area contributed by atoms with Crippen LogP contribution < -0.4 is 0 Å². The molecule has 0 saturated carbocycles. The molecule has 0 N–H and O–H groups in total. The largest absolute Gasteiger partial charge is 0.330 e. The Hall–Kier alpha value is -1.92. The number of pyridine rings is 1. The lowest BCUT2D eigenvalue weighted by molar-refractivity contribution is 0.0718. The van der Waals surface area contributed by atoms with Crippen molar-refractivity contribution in [2.75, 3.05) is 26.2 Å². The summed E-state index contributed by atoms with van der Waals surface area (Å²) < 4.78 is 1.67. The van der Waals surface area contributed by atoms with E-state index in [9.17, 15) is 4.79 Å². The van der Waals surface area contributed by atoms with Gasteiger partial charge in [0.2, 0.25) is 0 Å². The highest BCUT2D eigenvalue weighted by Gasteiger charge is 2.21. The molecule has 2 aromatic rings. The van der Waals surface area contributed by atoms with Gasteiger partial charge in [-0.15, -0.1) is 0 Å². The van der Waals surface area contributed by atoms with Crippen molar-refractivity contribution in [1.29, 1.82) is 0 Å². The Morgan fingerprint density at radius 1 is 1.33 bits per heavy atom. The van der Waals surface area contributed by atoms with Gasteiger partial charge in [-0.05, 0) is 38.1 Å². The highest BCUT2D eigenvalue weighted by molar-refractivity contribution is 6.31. The first-order chi connectivity index (χ1) is 11.6. The van der Waals surface area contributed by atoms with Gasteiger partial charge in [0.1, 0.15) is 11.4 Å². The molecule has 0 unspecified atom stereocenters. The summed E-state index contributed by atoms with van der Waals surface area (Å²) in [5.74, 6) is -0.0866. The first kappa shape index (κ1) is 16.9. The molecule has 1 aliphatic heterocycles. The lowest BCUT2D eigenvalue weighted by Crippen LogP contribution is -2.38. The fraction of sp³-hybridized carbons (Fsp3) is 0.471. The fourth-order valence-corrected chi connectivity index (χ4v) is 3.20. The zero-order valence-corrected chi connectivity index (χ0v) is 14.6. The van der Waals surface area contributed by atoms with Crippen LogP contribution in [-0.2, 0) is 13.6 Å². The Bertz CT molecular complexity index is 682. The van der Waals surface area contributed by atoms with Gasteiger partial charge in [-0.2, -0.15) is 5.10 Å². The first-order valence-electron chi connectivity index (χ1n) is 8.24. The molecular weight excluding hydrogens is 326 g/mol. The van der Waals surface area contributed by atoms with Gasteiger partial charge in [-0.1, -0.05) is 17.7 Å². The molecule has 6 nitrogen and oxygen atoms in total. The minimum absolute atomic E-state index is 0.0866. The smallest absolute Gasteiger partial charge is 0.272 e. The monoisotopic (exact) mass is 347 g/mol. The molecule has 0 aromatic carbocycles. The quantitative estimate of drug-likeness (QED) is 0.804. The maximum absolute atomic E-state index is 12.8. The van der Waals surface area contributed by atoms with Crippen molar-refractivity contribution >= 4 is 17.5 Å². The molecule has 3 heterocycles. The second kappa shape index (κ2) is 7.77. The molecule has 0 spiro atoms. The van der Waals surface area contributed by atoms with E-state index in [4.69, 9.17) is 11.6 Å². The maximum atomic E-state index is 12.8. The molecule has 0 atom stereocenters. The van der Waals surface area contributed by atoms with Gasteiger partial charge < -0.3 is 9.80 Å². The third-order valence-corrected chi connectivity index (χ3v) is 4.57. The van der Waals surface area contributed by atoms with Crippen molar-refractivity contribution < 1.29 is 4.79 Å². The van der Waals surface area contributed by atoms with E-state index in [-0.39, 0.29) is 5.91 Å². The van der Waals surface area contributed by atoms with E-state index in [1.54, 1.807) is 34.1 Å². The maximum Gasteiger partial charge on any atom is 0.272 e. The van der Waals surface area contributed by atoms with E-state index < -0.39 is 0 Å². The van der Waals surface area contributed by atoms with E-state index in [0.717, 1.165) is 19.6 Å². The van der Waals surface area contributed by atoms with Crippen LogP contribution in [0.3, 0.4) is 0 Å². The topological polar surface area (TPSA) is 54.3 Å². The Labute approximate surface area is 147 Å². The molecule has 1 saturated heterocycles. The van der Waals surface area contributed by atoms with E-state index in [2.05, 4.69) is 15.0 Å². The molecule has 0 aliphatic carbocycles. The molecule has 1 aliphatic rings. The van der Waals surface area contributed by atoms with E-state index in [0.29, 0.717) is 29.5 Å². The summed E-state index contributed by atoms with van der Waals surface area (Å²) >= 11 is 6.22. The number of carbonyl (C=O) groups excluding carboxylic acids is 1. The molecule has 3 rings (SSSR count). The normalized spacial score (nSPS) is 14.9. The summed E-state index contributed by atoms with van der Waals surface area (Å²) in [5.41, 5.74) is 1.16. The number of aromatic nitrogens is 3. The zero-order chi connectivity index (χ0) is 16.9. The van der Waals surface area contributed by atoms with Crippen LogP contribution >= 0.6 is 11.6 Å². The molecule has 128 valence electrons. The highest BCUT2D eigenvalue weighted by atomic mass is 35.5. The lowest BCUT2D eigenvalue weighted by atomic mass is 10.3. The lowest BCUT2D eigenvalue weighted by Gasteiger charge is -2.24. The van der Waals surface area contributed by atoms with Crippen molar-refractivity contribution in [1.82, 2.24) is 24.6 Å². The minimum atomic E-state index is -0.0866. The summed E-state index contributed by atoms with van der Waals surface area (Å²) in [7, 11) is 1.82. The average molecular weight is 348 g/mol. The molecule has 1 amide bonds. The number of hydrogen-bond donors (Lipinski definition) is 0. The van der Waals surface area contributed by atoms with E-state index in [1.807, 2.05) is 13.1 Å². The molecule has 24 heavy (non-hydrogen) atoms. The van der Waals surface area contributed by atoms with Crippen molar-refractivity contribution in [2.24, 2.45) is 7.05 Å². The molecule has 0 radical (unpaired) electrons. The van der Waals surface area contributed by atoms with Crippen LogP contribution in [0.1, 0.15) is 29.0 Å². The van der Waals surface area contributed by atoms with Crippen LogP contribution in [0.4, 0.5) is 0 Å². The molecular formula is C17H22ClN5O. The zero-order valence-electron chi connectivity index (χ0n) is 13.9. The number of carbonyl (C=O) groups is 1. The van der Waals surface area contributed by atoms with Crippen LogP contribution in [-0.4, -0.2) is 56.7 Å². The SMILES string of the molecule is Cn1cc(Cl)c(CN(CCN2CCCC2)C(=O)c2ccccn2)n1. The van der Waals surface area contributed by atoms with Crippen LogP contribution in [0.2, 0.25) is 5.02 Å². The fourth-order valence-electron chi connectivity index (χ4n) is 2.97. The number of rotatable bonds is 6. The van der Waals surface area contributed by atoms with Crippen molar-refractivity contribution in [2.45, 2.75) is 19.4 Å². The Balaban J connectivity index is 1.74. The first-order valence-corrected chi connectivity index (χ1v) is 8.62. The van der Waals surface area contributed by atoms with Gasteiger partial charge in [-0.3, -0.25) is 14.5 Å². The van der Waals surface area contributed by atoms with Crippen molar-refractivity contribution in [3.05, 3.63) is 47.0 Å². The van der Waals surface area contributed by atoms with Crippen LogP contribution in [0.15, 0.2) is 30.6 Å². The van der Waals surface area contributed by atoms with Gasteiger partial charge >= 0.3 is 0 Å². The third kappa shape index (κ3) is 4.13.